The van der Waals surface area contributed by atoms with Gasteiger partial charge in [0.15, 0.2) is 0 Å². The average Bonchev–Trinajstić information content (AvgIpc) is 3.25. The smallest absolute Gasteiger partial charge is 0.273 e. The topological polar surface area (TPSA) is 76.3 Å². The number of benzene rings is 1. The Labute approximate surface area is 137 Å². The van der Waals surface area contributed by atoms with E-state index in [1.54, 1.807) is 18.4 Å². The predicted octanol–water partition coefficient (Wildman–Crippen LogP) is 2.86. The maximum atomic E-state index is 12.9. The van der Waals surface area contributed by atoms with Crippen molar-refractivity contribution in [1.29, 1.82) is 0 Å². The van der Waals surface area contributed by atoms with Crippen LogP contribution in [0.3, 0.4) is 0 Å². The molecule has 0 saturated heterocycles. The largest absolute Gasteiger partial charge is 0.339 e. The fraction of sp³-hybridized carbons (Fsp3) is 0.200. The van der Waals surface area contributed by atoms with Crippen LogP contribution < -0.4 is 4.31 Å². The maximum absolute atomic E-state index is 12.9. The van der Waals surface area contributed by atoms with Crippen molar-refractivity contribution in [1.82, 2.24) is 10.1 Å². The van der Waals surface area contributed by atoms with Crippen LogP contribution in [0.2, 0.25) is 0 Å². The third-order valence-electron chi connectivity index (χ3n) is 3.75. The molecule has 3 aromatic rings. The molecule has 4 rings (SSSR count). The van der Waals surface area contributed by atoms with E-state index in [0.717, 1.165) is 17.7 Å². The Bertz CT molecular complexity index is 975. The molecule has 2 aromatic heterocycles. The highest BCUT2D eigenvalue weighted by Crippen LogP contribution is 2.35. The number of fused-ring (bicyclic) bond motifs is 1. The summed E-state index contributed by atoms with van der Waals surface area (Å²) in [6.45, 7) is 2.16. The second kappa shape index (κ2) is 5.17. The average molecular weight is 347 g/mol. The molecule has 0 N–H and O–H groups in total. The normalized spacial score (nSPS) is 14.2. The highest BCUT2D eigenvalue weighted by atomic mass is 32.2. The lowest BCUT2D eigenvalue weighted by molar-refractivity contribution is 0.394. The number of aromatic nitrogens is 2. The first-order valence-corrected chi connectivity index (χ1v) is 9.37. The van der Waals surface area contributed by atoms with Gasteiger partial charge in [0.2, 0.25) is 11.7 Å². The van der Waals surface area contributed by atoms with Gasteiger partial charge >= 0.3 is 0 Å². The summed E-state index contributed by atoms with van der Waals surface area (Å²) >= 11 is 1.17. The van der Waals surface area contributed by atoms with E-state index in [0.29, 0.717) is 23.8 Å². The molecular weight excluding hydrogens is 334 g/mol. The maximum Gasteiger partial charge on any atom is 0.273 e. The van der Waals surface area contributed by atoms with Crippen molar-refractivity contribution < 1.29 is 12.9 Å². The summed E-state index contributed by atoms with van der Waals surface area (Å²) in [5.74, 6) is 0.853. The summed E-state index contributed by atoms with van der Waals surface area (Å²) in [4.78, 5) is 4.13. The van der Waals surface area contributed by atoms with Crippen LogP contribution in [-0.2, 0) is 16.4 Å². The van der Waals surface area contributed by atoms with Gasteiger partial charge in [-0.25, -0.2) is 8.42 Å². The van der Waals surface area contributed by atoms with Crippen LogP contribution in [0.4, 0.5) is 5.69 Å². The quantitative estimate of drug-likeness (QED) is 0.728. The van der Waals surface area contributed by atoms with E-state index in [2.05, 4.69) is 10.1 Å². The molecule has 0 atom stereocenters. The van der Waals surface area contributed by atoms with Gasteiger partial charge < -0.3 is 4.52 Å². The summed E-state index contributed by atoms with van der Waals surface area (Å²) < 4.78 is 32.5. The molecule has 1 aliphatic heterocycles. The van der Waals surface area contributed by atoms with Crippen LogP contribution in [-0.4, -0.2) is 25.1 Å². The number of hydrogen-bond donors (Lipinski definition) is 0. The van der Waals surface area contributed by atoms with Crippen molar-refractivity contribution in [2.75, 3.05) is 10.8 Å². The van der Waals surface area contributed by atoms with Crippen LogP contribution >= 0.6 is 11.3 Å². The van der Waals surface area contributed by atoms with E-state index < -0.39 is 10.0 Å². The molecule has 6 nitrogen and oxygen atoms in total. The molecule has 8 heteroatoms. The zero-order valence-electron chi connectivity index (χ0n) is 12.3. The third kappa shape index (κ3) is 2.34. The molecule has 0 unspecified atom stereocenters. The molecule has 0 bridgehead atoms. The molecule has 3 heterocycles. The minimum absolute atomic E-state index is 0.284. The summed E-state index contributed by atoms with van der Waals surface area (Å²) in [7, 11) is -3.57. The van der Waals surface area contributed by atoms with E-state index in [4.69, 9.17) is 4.52 Å². The second-order valence-corrected chi connectivity index (χ2v) is 8.25. The first-order valence-electron chi connectivity index (χ1n) is 7.05. The van der Waals surface area contributed by atoms with Crippen molar-refractivity contribution in [3.05, 3.63) is 47.2 Å². The molecule has 0 amide bonds. The van der Waals surface area contributed by atoms with E-state index in [1.165, 1.54) is 15.6 Å². The summed E-state index contributed by atoms with van der Waals surface area (Å²) in [6.07, 6.45) is 0.734. The van der Waals surface area contributed by atoms with Gasteiger partial charge in [-0.1, -0.05) is 23.4 Å². The van der Waals surface area contributed by atoms with Crippen molar-refractivity contribution >= 4 is 27.0 Å². The highest BCUT2D eigenvalue weighted by Gasteiger charge is 2.32. The lowest BCUT2D eigenvalue weighted by atomic mass is 10.2. The monoisotopic (exact) mass is 347 g/mol. The summed E-state index contributed by atoms with van der Waals surface area (Å²) in [5.41, 5.74) is 2.47. The minimum atomic E-state index is -3.57. The SMILES string of the molecule is Cc1nc(-c2csc(S(=O)(=O)N3CCc4ccccc43)c2)no1. The molecule has 0 spiro atoms. The Hall–Kier alpha value is -2.19. The summed E-state index contributed by atoms with van der Waals surface area (Å²) in [5, 5.41) is 5.56. The molecule has 1 aliphatic rings. The van der Waals surface area contributed by atoms with Gasteiger partial charge in [-0.15, -0.1) is 11.3 Å². The third-order valence-corrected chi connectivity index (χ3v) is 6.98. The Balaban J connectivity index is 1.72. The van der Waals surface area contributed by atoms with Crippen molar-refractivity contribution in [3.8, 4) is 11.4 Å². The minimum Gasteiger partial charge on any atom is -0.339 e. The standard InChI is InChI=1S/C15H13N3O3S2/c1-10-16-15(17-21-10)12-8-14(22-9-12)23(19,20)18-7-6-11-4-2-3-5-13(11)18/h2-5,8-9H,6-7H2,1H3. The molecule has 23 heavy (non-hydrogen) atoms. The first-order chi connectivity index (χ1) is 11.1. The lowest BCUT2D eigenvalue weighted by Gasteiger charge is -2.18. The molecule has 0 saturated carbocycles. The first kappa shape index (κ1) is 14.4. The number of hydrogen-bond acceptors (Lipinski definition) is 6. The number of aryl methyl sites for hydroxylation is 1. The van der Waals surface area contributed by atoms with Crippen molar-refractivity contribution in [2.45, 2.75) is 17.6 Å². The Kier molecular flexibility index (Phi) is 3.24. The molecular formula is C15H13N3O3S2. The number of rotatable bonds is 3. The van der Waals surface area contributed by atoms with Gasteiger partial charge in [0.1, 0.15) is 4.21 Å². The van der Waals surface area contributed by atoms with Crippen molar-refractivity contribution in [2.24, 2.45) is 0 Å². The van der Waals surface area contributed by atoms with Crippen molar-refractivity contribution in [3.63, 3.8) is 0 Å². The Morgan fingerprint density at radius 1 is 1.30 bits per heavy atom. The highest BCUT2D eigenvalue weighted by molar-refractivity contribution is 7.94. The fourth-order valence-corrected chi connectivity index (χ4v) is 5.43. The van der Waals surface area contributed by atoms with Gasteiger partial charge in [-0.3, -0.25) is 4.31 Å². The van der Waals surface area contributed by atoms with Gasteiger partial charge in [0, 0.05) is 24.4 Å². The van der Waals surface area contributed by atoms with E-state index in [1.807, 2.05) is 24.3 Å². The lowest BCUT2D eigenvalue weighted by Crippen LogP contribution is -2.28. The molecule has 0 fully saturated rings. The van der Waals surface area contributed by atoms with Crippen LogP contribution in [0.25, 0.3) is 11.4 Å². The number of anilines is 1. The number of thiophene rings is 1. The van der Waals surface area contributed by atoms with E-state index in [9.17, 15) is 8.42 Å². The van der Waals surface area contributed by atoms with E-state index >= 15 is 0 Å². The van der Waals surface area contributed by atoms with Crippen LogP contribution in [0.5, 0.6) is 0 Å². The molecule has 0 radical (unpaired) electrons. The summed E-state index contributed by atoms with van der Waals surface area (Å²) in [6, 6.07) is 9.19. The van der Waals surface area contributed by atoms with Gasteiger partial charge in [-0.05, 0) is 24.1 Å². The fourth-order valence-electron chi connectivity index (χ4n) is 2.65. The van der Waals surface area contributed by atoms with Crippen LogP contribution in [0.15, 0.2) is 44.4 Å². The number of para-hydroxylation sites is 1. The zero-order valence-corrected chi connectivity index (χ0v) is 13.9. The molecule has 1 aromatic carbocycles. The number of nitrogens with zero attached hydrogens (tertiary/aromatic N) is 3. The molecule has 118 valence electrons. The molecule has 0 aliphatic carbocycles. The van der Waals surface area contributed by atoms with Gasteiger partial charge in [-0.2, -0.15) is 4.98 Å². The van der Waals surface area contributed by atoms with Gasteiger partial charge in [0.05, 0.1) is 5.69 Å². The number of sulfonamides is 1. The van der Waals surface area contributed by atoms with Gasteiger partial charge in [0.25, 0.3) is 10.0 Å². The van der Waals surface area contributed by atoms with E-state index in [-0.39, 0.29) is 4.21 Å². The Morgan fingerprint density at radius 2 is 2.13 bits per heavy atom. The zero-order chi connectivity index (χ0) is 16.0. The predicted molar refractivity (Wildman–Crippen MR) is 87.0 cm³/mol. The van der Waals surface area contributed by atoms with Crippen LogP contribution in [0.1, 0.15) is 11.5 Å². The van der Waals surface area contributed by atoms with Crippen LogP contribution in [0, 0.1) is 6.92 Å². The second-order valence-electron chi connectivity index (χ2n) is 5.25. The Morgan fingerprint density at radius 3 is 2.91 bits per heavy atom.